The molecule has 2 N–H and O–H groups in total. The molecule has 4 rings (SSSR count). The topological polar surface area (TPSA) is 110 Å². The van der Waals surface area contributed by atoms with Crippen LogP contribution in [0.3, 0.4) is 0 Å². The SMILES string of the molecule is COc1ccc(CN2CC[C@@H](C[C@H](NC(=O)OC(C)(C)C)C(O)c3nc4ccccc4s3)C2=O)c(OC)c1. The Morgan fingerprint density at radius 1 is 1.21 bits per heavy atom. The van der Waals surface area contributed by atoms with Crippen LogP contribution in [0.2, 0.25) is 0 Å². The molecule has 3 atom stereocenters. The van der Waals surface area contributed by atoms with E-state index in [1.165, 1.54) is 11.3 Å². The molecule has 1 fully saturated rings. The number of likely N-dealkylation sites (tertiary alicyclic amines) is 1. The lowest BCUT2D eigenvalue weighted by atomic mass is 9.95. The molecule has 10 heteroatoms. The fourth-order valence-corrected chi connectivity index (χ4v) is 5.61. The van der Waals surface area contributed by atoms with E-state index in [0.29, 0.717) is 36.0 Å². The van der Waals surface area contributed by atoms with E-state index in [2.05, 4.69) is 10.3 Å². The molecule has 2 aromatic carbocycles. The highest BCUT2D eigenvalue weighted by Gasteiger charge is 2.37. The number of aromatic nitrogens is 1. The highest BCUT2D eigenvalue weighted by molar-refractivity contribution is 7.18. The number of rotatable bonds is 9. The van der Waals surface area contributed by atoms with Crippen molar-refractivity contribution in [3.05, 3.63) is 53.0 Å². The van der Waals surface area contributed by atoms with Crippen LogP contribution in [0.25, 0.3) is 10.2 Å². The molecule has 3 aromatic rings. The summed E-state index contributed by atoms with van der Waals surface area (Å²) in [5.74, 6) is 0.922. The van der Waals surface area contributed by atoms with Gasteiger partial charge in [0, 0.05) is 30.6 Å². The second-order valence-corrected chi connectivity index (χ2v) is 11.4. The van der Waals surface area contributed by atoms with Crippen LogP contribution >= 0.6 is 11.3 Å². The van der Waals surface area contributed by atoms with Gasteiger partial charge in [0.15, 0.2) is 0 Å². The number of methoxy groups -OCH3 is 2. The number of amides is 2. The fourth-order valence-electron chi connectivity index (χ4n) is 4.59. The molecule has 9 nitrogen and oxygen atoms in total. The van der Waals surface area contributed by atoms with Gasteiger partial charge in [0.2, 0.25) is 5.91 Å². The average molecular weight is 542 g/mol. The Bertz CT molecular complexity index is 1250. The number of carbonyl (C=O) groups is 2. The molecule has 0 spiro atoms. The molecule has 1 unspecified atom stereocenters. The van der Waals surface area contributed by atoms with Crippen molar-refractivity contribution in [2.45, 2.75) is 57.9 Å². The van der Waals surface area contributed by atoms with Crippen LogP contribution in [0, 0.1) is 5.92 Å². The first-order valence-electron chi connectivity index (χ1n) is 12.6. The Morgan fingerprint density at radius 3 is 2.66 bits per heavy atom. The van der Waals surface area contributed by atoms with Gasteiger partial charge >= 0.3 is 6.09 Å². The first-order chi connectivity index (χ1) is 18.1. The Kier molecular flexibility index (Phi) is 8.42. The number of nitrogens with one attached hydrogen (secondary N) is 1. The number of para-hydroxylation sites is 1. The summed E-state index contributed by atoms with van der Waals surface area (Å²) in [6.45, 7) is 6.29. The number of nitrogens with zero attached hydrogens (tertiary/aromatic N) is 2. The number of hydrogen-bond donors (Lipinski definition) is 2. The highest BCUT2D eigenvalue weighted by Crippen LogP contribution is 2.34. The molecule has 2 amide bonds. The molecule has 1 saturated heterocycles. The summed E-state index contributed by atoms with van der Waals surface area (Å²) in [5.41, 5.74) is 0.951. The molecule has 204 valence electrons. The van der Waals surface area contributed by atoms with Crippen LogP contribution in [0.15, 0.2) is 42.5 Å². The first kappa shape index (κ1) is 27.7. The average Bonchev–Trinajstić information content (AvgIpc) is 3.46. The normalized spacial score (nSPS) is 17.4. The zero-order valence-electron chi connectivity index (χ0n) is 22.4. The van der Waals surface area contributed by atoms with E-state index in [9.17, 15) is 14.7 Å². The number of aliphatic hydroxyl groups is 1. The van der Waals surface area contributed by atoms with E-state index in [0.717, 1.165) is 15.8 Å². The minimum atomic E-state index is -1.09. The summed E-state index contributed by atoms with van der Waals surface area (Å²) < 4.78 is 17.2. The summed E-state index contributed by atoms with van der Waals surface area (Å²) in [4.78, 5) is 32.4. The highest BCUT2D eigenvalue weighted by atomic mass is 32.1. The molecule has 1 aliphatic heterocycles. The molecule has 38 heavy (non-hydrogen) atoms. The van der Waals surface area contributed by atoms with Gasteiger partial charge in [-0.05, 0) is 57.9 Å². The maximum Gasteiger partial charge on any atom is 0.407 e. The summed E-state index contributed by atoms with van der Waals surface area (Å²) in [7, 11) is 3.18. The molecule has 0 radical (unpaired) electrons. The van der Waals surface area contributed by atoms with E-state index in [1.807, 2.05) is 36.4 Å². The van der Waals surface area contributed by atoms with Gasteiger partial charge in [-0.3, -0.25) is 4.79 Å². The molecule has 0 bridgehead atoms. The standard InChI is InChI=1S/C28H35N3O6S/c1-28(2,3)37-27(34)30-21(24(32)25-29-20-8-6-7-9-23(20)38-25)14-17-12-13-31(26(17)33)16-18-10-11-19(35-4)15-22(18)36-5/h6-11,15,17,21,24,32H,12-14,16H2,1-5H3,(H,30,34)/t17-,21-,24?/m0/s1. The number of ether oxygens (including phenoxy) is 3. The zero-order chi connectivity index (χ0) is 27.4. The largest absolute Gasteiger partial charge is 0.497 e. The van der Waals surface area contributed by atoms with Crippen LogP contribution in [0.4, 0.5) is 4.79 Å². The number of fused-ring (bicyclic) bond motifs is 1. The number of benzene rings is 2. The maximum absolute atomic E-state index is 13.4. The molecule has 0 saturated carbocycles. The summed E-state index contributed by atoms with van der Waals surface area (Å²) in [6, 6.07) is 12.4. The van der Waals surface area contributed by atoms with Gasteiger partial charge in [0.25, 0.3) is 0 Å². The van der Waals surface area contributed by atoms with Crippen LogP contribution < -0.4 is 14.8 Å². The molecule has 0 aliphatic carbocycles. The van der Waals surface area contributed by atoms with Crippen molar-refractivity contribution in [1.29, 1.82) is 0 Å². The predicted octanol–water partition coefficient (Wildman–Crippen LogP) is 4.68. The van der Waals surface area contributed by atoms with Gasteiger partial charge in [0.05, 0.1) is 30.5 Å². The van der Waals surface area contributed by atoms with Gasteiger partial charge < -0.3 is 29.5 Å². The Labute approximate surface area is 226 Å². The number of carbonyl (C=O) groups excluding carboxylic acids is 2. The second-order valence-electron chi connectivity index (χ2n) is 10.4. The van der Waals surface area contributed by atoms with Crippen LogP contribution in [0.1, 0.15) is 50.3 Å². The van der Waals surface area contributed by atoms with Crippen molar-refractivity contribution in [2.75, 3.05) is 20.8 Å². The number of aliphatic hydroxyl groups excluding tert-OH is 1. The molecule has 1 aromatic heterocycles. The van der Waals surface area contributed by atoms with Crippen molar-refractivity contribution in [1.82, 2.24) is 15.2 Å². The minimum Gasteiger partial charge on any atom is -0.497 e. The lowest BCUT2D eigenvalue weighted by Gasteiger charge is -2.27. The molecule has 1 aliphatic rings. The number of thiazole rings is 1. The third-order valence-electron chi connectivity index (χ3n) is 6.45. The van der Waals surface area contributed by atoms with Crippen molar-refractivity contribution < 1.29 is 28.9 Å². The maximum atomic E-state index is 13.4. The van der Waals surface area contributed by atoms with Gasteiger partial charge in [-0.1, -0.05) is 12.1 Å². The number of alkyl carbamates (subject to hydrolysis) is 1. The third kappa shape index (κ3) is 6.54. The van der Waals surface area contributed by atoms with Crippen LogP contribution in [-0.2, 0) is 16.1 Å². The summed E-state index contributed by atoms with van der Waals surface area (Å²) >= 11 is 1.37. The van der Waals surface area contributed by atoms with E-state index < -0.39 is 23.8 Å². The first-order valence-corrected chi connectivity index (χ1v) is 13.4. The quantitative estimate of drug-likeness (QED) is 0.405. The lowest BCUT2D eigenvalue weighted by molar-refractivity contribution is -0.132. The monoisotopic (exact) mass is 541 g/mol. The van der Waals surface area contributed by atoms with E-state index >= 15 is 0 Å². The number of hydrogen-bond acceptors (Lipinski definition) is 8. The van der Waals surface area contributed by atoms with Crippen molar-refractivity contribution >= 4 is 33.6 Å². The van der Waals surface area contributed by atoms with Crippen molar-refractivity contribution in [2.24, 2.45) is 5.92 Å². The lowest BCUT2D eigenvalue weighted by Crippen LogP contribution is -2.44. The van der Waals surface area contributed by atoms with Gasteiger partial charge in [0.1, 0.15) is 28.2 Å². The Morgan fingerprint density at radius 2 is 1.97 bits per heavy atom. The van der Waals surface area contributed by atoms with Crippen molar-refractivity contribution in [3.8, 4) is 11.5 Å². The molecule has 2 heterocycles. The smallest absolute Gasteiger partial charge is 0.407 e. The fraction of sp³-hybridized carbons (Fsp3) is 0.464. The Balaban J connectivity index is 1.51. The van der Waals surface area contributed by atoms with E-state index in [1.54, 1.807) is 46.0 Å². The van der Waals surface area contributed by atoms with Crippen LogP contribution in [-0.4, -0.2) is 59.4 Å². The zero-order valence-corrected chi connectivity index (χ0v) is 23.2. The van der Waals surface area contributed by atoms with Gasteiger partial charge in [-0.15, -0.1) is 11.3 Å². The van der Waals surface area contributed by atoms with Gasteiger partial charge in [-0.25, -0.2) is 9.78 Å². The molecular formula is C28H35N3O6S. The second kappa shape index (κ2) is 11.6. The van der Waals surface area contributed by atoms with Crippen molar-refractivity contribution in [3.63, 3.8) is 0 Å². The summed E-state index contributed by atoms with van der Waals surface area (Å²) in [5, 5.41) is 14.6. The van der Waals surface area contributed by atoms with Gasteiger partial charge in [-0.2, -0.15) is 0 Å². The predicted molar refractivity (Wildman–Crippen MR) is 145 cm³/mol. The third-order valence-corrected chi connectivity index (χ3v) is 7.56. The summed E-state index contributed by atoms with van der Waals surface area (Å²) in [6.07, 6.45) is -0.877. The van der Waals surface area contributed by atoms with E-state index in [4.69, 9.17) is 14.2 Å². The van der Waals surface area contributed by atoms with Crippen LogP contribution in [0.5, 0.6) is 11.5 Å². The van der Waals surface area contributed by atoms with E-state index in [-0.39, 0.29) is 18.2 Å². The minimum absolute atomic E-state index is 0.0321. The Hall–Kier alpha value is -3.37. The molecular weight excluding hydrogens is 506 g/mol.